The number of rotatable bonds is 5. The molecular formula is C15H12FNO3S. The Hall–Kier alpha value is -2.34. The second kappa shape index (κ2) is 6.90. The predicted molar refractivity (Wildman–Crippen MR) is 79.2 cm³/mol. The number of halogens is 1. The van der Waals surface area contributed by atoms with Gasteiger partial charge in [-0.1, -0.05) is 18.2 Å². The monoisotopic (exact) mass is 305 g/mol. The van der Waals surface area contributed by atoms with Crippen LogP contribution in [0.4, 0.5) is 10.1 Å². The van der Waals surface area contributed by atoms with Gasteiger partial charge in [0.15, 0.2) is 0 Å². The minimum atomic E-state index is -1.06. The summed E-state index contributed by atoms with van der Waals surface area (Å²) in [6.45, 7) is 0. The molecule has 0 aliphatic rings. The molecule has 0 radical (unpaired) electrons. The van der Waals surface area contributed by atoms with Crippen molar-refractivity contribution in [1.29, 1.82) is 0 Å². The Labute approximate surface area is 125 Å². The van der Waals surface area contributed by atoms with E-state index in [0.717, 1.165) is 11.8 Å². The summed E-state index contributed by atoms with van der Waals surface area (Å²) in [7, 11) is 0. The number of hydrogen-bond donors (Lipinski definition) is 2. The predicted octanol–water partition coefficient (Wildman–Crippen LogP) is 3.25. The summed E-state index contributed by atoms with van der Waals surface area (Å²) < 4.78 is 13.4. The number of anilines is 1. The number of carboxylic acid groups (broad SMARTS) is 1. The number of benzene rings is 2. The number of carboxylic acids is 1. The molecule has 1 amide bonds. The van der Waals surface area contributed by atoms with Gasteiger partial charge in [0.05, 0.1) is 11.3 Å². The Morgan fingerprint density at radius 2 is 1.90 bits per heavy atom. The third-order valence-electron chi connectivity index (χ3n) is 2.59. The van der Waals surface area contributed by atoms with E-state index in [1.807, 2.05) is 0 Å². The van der Waals surface area contributed by atoms with Crippen molar-refractivity contribution in [1.82, 2.24) is 0 Å². The standard InChI is InChI=1S/C15H12FNO3S/c16-12-6-1-2-7-13(12)21-9-14(18)17-11-5-3-4-10(8-11)15(19)20/h1-8H,9H2,(H,17,18)(H,19,20). The SMILES string of the molecule is O=C(CSc1ccccc1F)Nc1cccc(C(=O)O)c1. The lowest BCUT2D eigenvalue weighted by Gasteiger charge is -2.06. The summed E-state index contributed by atoms with van der Waals surface area (Å²) in [6, 6.07) is 12.1. The second-order valence-electron chi connectivity index (χ2n) is 4.15. The maximum atomic E-state index is 13.4. The second-order valence-corrected chi connectivity index (χ2v) is 5.17. The molecule has 0 aromatic heterocycles. The average molecular weight is 305 g/mol. The molecule has 6 heteroatoms. The number of carbonyl (C=O) groups excluding carboxylic acids is 1. The lowest BCUT2D eigenvalue weighted by molar-refractivity contribution is -0.113. The van der Waals surface area contributed by atoms with Crippen LogP contribution in [-0.4, -0.2) is 22.7 Å². The van der Waals surface area contributed by atoms with E-state index in [9.17, 15) is 14.0 Å². The summed E-state index contributed by atoms with van der Waals surface area (Å²) in [4.78, 5) is 23.0. The molecule has 0 unspecified atom stereocenters. The maximum absolute atomic E-state index is 13.4. The molecule has 2 N–H and O–H groups in total. The molecule has 0 bridgehead atoms. The highest BCUT2D eigenvalue weighted by Crippen LogP contribution is 2.21. The van der Waals surface area contributed by atoms with Gasteiger partial charge in [0.2, 0.25) is 5.91 Å². The fourth-order valence-electron chi connectivity index (χ4n) is 1.63. The topological polar surface area (TPSA) is 66.4 Å². The van der Waals surface area contributed by atoms with Crippen molar-refractivity contribution in [2.45, 2.75) is 4.90 Å². The summed E-state index contributed by atoms with van der Waals surface area (Å²) >= 11 is 1.08. The smallest absolute Gasteiger partial charge is 0.335 e. The van der Waals surface area contributed by atoms with Gasteiger partial charge in [-0.2, -0.15) is 0 Å². The third kappa shape index (κ3) is 4.32. The van der Waals surface area contributed by atoms with Crippen molar-refractivity contribution in [3.05, 3.63) is 59.9 Å². The van der Waals surface area contributed by atoms with E-state index < -0.39 is 5.97 Å². The molecule has 2 aromatic rings. The summed E-state index contributed by atoms with van der Waals surface area (Å²) in [5, 5.41) is 11.4. The fraction of sp³-hybridized carbons (Fsp3) is 0.0667. The third-order valence-corrected chi connectivity index (χ3v) is 3.64. The van der Waals surface area contributed by atoms with Crippen molar-refractivity contribution in [2.75, 3.05) is 11.1 Å². The van der Waals surface area contributed by atoms with Crippen LogP contribution in [0, 0.1) is 5.82 Å². The minimum Gasteiger partial charge on any atom is -0.478 e. The zero-order valence-electron chi connectivity index (χ0n) is 10.9. The first-order valence-electron chi connectivity index (χ1n) is 6.07. The van der Waals surface area contributed by atoms with Crippen LogP contribution in [0.25, 0.3) is 0 Å². The number of amides is 1. The minimum absolute atomic E-state index is 0.0399. The zero-order chi connectivity index (χ0) is 15.2. The Bertz CT molecular complexity index is 675. The average Bonchev–Trinajstić information content (AvgIpc) is 2.46. The van der Waals surface area contributed by atoms with Gasteiger partial charge < -0.3 is 10.4 Å². The zero-order valence-corrected chi connectivity index (χ0v) is 11.7. The first-order chi connectivity index (χ1) is 10.1. The van der Waals surface area contributed by atoms with E-state index in [1.54, 1.807) is 30.3 Å². The van der Waals surface area contributed by atoms with Gasteiger partial charge in [-0.05, 0) is 30.3 Å². The van der Waals surface area contributed by atoms with E-state index in [2.05, 4.69) is 5.32 Å². The lowest BCUT2D eigenvalue weighted by Crippen LogP contribution is -2.14. The molecule has 2 aromatic carbocycles. The van der Waals surface area contributed by atoms with Crippen molar-refractivity contribution < 1.29 is 19.1 Å². The first-order valence-corrected chi connectivity index (χ1v) is 7.05. The van der Waals surface area contributed by atoms with Gasteiger partial charge >= 0.3 is 5.97 Å². The number of hydrogen-bond acceptors (Lipinski definition) is 3. The van der Waals surface area contributed by atoms with Crippen molar-refractivity contribution in [3.63, 3.8) is 0 Å². The van der Waals surface area contributed by atoms with Crippen molar-refractivity contribution >= 4 is 29.3 Å². The quantitative estimate of drug-likeness (QED) is 0.832. The molecule has 0 heterocycles. The number of nitrogens with one attached hydrogen (secondary N) is 1. The maximum Gasteiger partial charge on any atom is 0.335 e. The van der Waals surface area contributed by atoms with Gasteiger partial charge in [-0.25, -0.2) is 9.18 Å². The van der Waals surface area contributed by atoms with Crippen LogP contribution in [-0.2, 0) is 4.79 Å². The van der Waals surface area contributed by atoms with Gasteiger partial charge in [0.25, 0.3) is 0 Å². The number of thioether (sulfide) groups is 1. The molecule has 0 aliphatic heterocycles. The number of carbonyl (C=O) groups is 2. The molecule has 0 saturated carbocycles. The van der Waals surface area contributed by atoms with Crippen LogP contribution in [0.1, 0.15) is 10.4 Å². The summed E-state index contributed by atoms with van der Waals surface area (Å²) in [5.74, 6) is -1.72. The van der Waals surface area contributed by atoms with Crippen LogP contribution in [0.15, 0.2) is 53.4 Å². The van der Waals surface area contributed by atoms with Crippen LogP contribution in [0.5, 0.6) is 0 Å². The van der Waals surface area contributed by atoms with E-state index >= 15 is 0 Å². The van der Waals surface area contributed by atoms with Crippen LogP contribution in [0.3, 0.4) is 0 Å². The molecule has 2 rings (SSSR count). The molecule has 21 heavy (non-hydrogen) atoms. The molecule has 0 fully saturated rings. The first kappa shape index (κ1) is 15.1. The Balaban J connectivity index is 1.95. The molecule has 4 nitrogen and oxygen atoms in total. The van der Waals surface area contributed by atoms with Crippen LogP contribution in [0.2, 0.25) is 0 Å². The Kier molecular flexibility index (Phi) is 4.94. The van der Waals surface area contributed by atoms with Crippen LogP contribution < -0.4 is 5.32 Å². The van der Waals surface area contributed by atoms with Gasteiger partial charge in [-0.15, -0.1) is 11.8 Å². The van der Waals surface area contributed by atoms with Crippen LogP contribution >= 0.6 is 11.8 Å². The highest BCUT2D eigenvalue weighted by molar-refractivity contribution is 8.00. The largest absolute Gasteiger partial charge is 0.478 e. The van der Waals surface area contributed by atoms with Gasteiger partial charge in [0, 0.05) is 10.6 Å². The van der Waals surface area contributed by atoms with E-state index in [1.165, 1.54) is 18.2 Å². The highest BCUT2D eigenvalue weighted by atomic mass is 32.2. The van der Waals surface area contributed by atoms with E-state index in [-0.39, 0.29) is 23.0 Å². The lowest BCUT2D eigenvalue weighted by atomic mass is 10.2. The van der Waals surface area contributed by atoms with E-state index in [4.69, 9.17) is 5.11 Å². The summed E-state index contributed by atoms with van der Waals surface area (Å²) in [6.07, 6.45) is 0. The van der Waals surface area contributed by atoms with E-state index in [0.29, 0.717) is 10.6 Å². The Morgan fingerprint density at radius 3 is 2.62 bits per heavy atom. The Morgan fingerprint density at radius 1 is 1.14 bits per heavy atom. The van der Waals surface area contributed by atoms with Gasteiger partial charge in [0.1, 0.15) is 5.82 Å². The molecule has 0 spiro atoms. The molecular weight excluding hydrogens is 293 g/mol. The van der Waals surface area contributed by atoms with Crippen molar-refractivity contribution in [2.24, 2.45) is 0 Å². The highest BCUT2D eigenvalue weighted by Gasteiger charge is 2.08. The molecule has 108 valence electrons. The molecule has 0 saturated heterocycles. The summed E-state index contributed by atoms with van der Waals surface area (Å²) in [5.41, 5.74) is 0.489. The fourth-order valence-corrected chi connectivity index (χ4v) is 2.37. The molecule has 0 aliphatic carbocycles. The normalized spacial score (nSPS) is 10.1. The molecule has 0 atom stereocenters. The van der Waals surface area contributed by atoms with Gasteiger partial charge in [-0.3, -0.25) is 4.79 Å². The van der Waals surface area contributed by atoms with Crippen molar-refractivity contribution in [3.8, 4) is 0 Å². The number of aromatic carboxylic acids is 1.